The first-order valence-corrected chi connectivity index (χ1v) is 14.1. The van der Waals surface area contributed by atoms with Gasteiger partial charge in [-0.25, -0.2) is 8.42 Å². The third-order valence-corrected chi connectivity index (χ3v) is 8.43. The number of amides is 1. The standard InChI is InChI=1S/C23H28N4O3S3/c1-15(2)14-31-23-26-25-22(32-23)24-21(28)19-9-7-18(8-10-19)13-27(33(5,29)30)20-11-6-16(3)17(4)12-20/h6-12,15H,13-14H2,1-5H3,(H,24,25,28). The van der Waals surface area contributed by atoms with Gasteiger partial charge >= 0.3 is 0 Å². The van der Waals surface area contributed by atoms with Gasteiger partial charge in [0.15, 0.2) is 4.34 Å². The topological polar surface area (TPSA) is 92.3 Å². The number of nitrogens with one attached hydrogen (secondary N) is 1. The van der Waals surface area contributed by atoms with Gasteiger partial charge in [-0.2, -0.15) is 0 Å². The minimum atomic E-state index is -3.48. The van der Waals surface area contributed by atoms with Crippen molar-refractivity contribution in [1.29, 1.82) is 0 Å². The summed E-state index contributed by atoms with van der Waals surface area (Å²) in [5.74, 6) is 1.20. The molecule has 33 heavy (non-hydrogen) atoms. The maximum Gasteiger partial charge on any atom is 0.257 e. The third-order valence-electron chi connectivity index (χ3n) is 4.89. The van der Waals surface area contributed by atoms with E-state index < -0.39 is 10.0 Å². The Morgan fingerprint density at radius 1 is 1.09 bits per heavy atom. The van der Waals surface area contributed by atoms with Crippen molar-refractivity contribution in [3.05, 3.63) is 64.7 Å². The van der Waals surface area contributed by atoms with E-state index in [4.69, 9.17) is 0 Å². The predicted molar refractivity (Wildman–Crippen MR) is 137 cm³/mol. The average molecular weight is 505 g/mol. The Kier molecular flexibility index (Phi) is 8.14. The molecule has 0 bridgehead atoms. The molecule has 3 rings (SSSR count). The van der Waals surface area contributed by atoms with Crippen LogP contribution in [0.4, 0.5) is 10.8 Å². The van der Waals surface area contributed by atoms with E-state index in [0.717, 1.165) is 26.8 Å². The van der Waals surface area contributed by atoms with Crippen molar-refractivity contribution in [2.75, 3.05) is 21.6 Å². The molecular formula is C23H28N4O3S3. The molecule has 7 nitrogen and oxygen atoms in total. The molecule has 0 spiro atoms. The highest BCUT2D eigenvalue weighted by Crippen LogP contribution is 2.27. The number of rotatable bonds is 9. The Hall–Kier alpha value is -2.43. The predicted octanol–water partition coefficient (Wildman–Crippen LogP) is 5.12. The summed E-state index contributed by atoms with van der Waals surface area (Å²) in [4.78, 5) is 12.6. The van der Waals surface area contributed by atoms with E-state index in [1.165, 1.54) is 21.9 Å². The zero-order valence-electron chi connectivity index (χ0n) is 19.3. The third kappa shape index (κ3) is 7.02. The maximum absolute atomic E-state index is 12.6. The van der Waals surface area contributed by atoms with E-state index in [1.54, 1.807) is 42.1 Å². The molecule has 10 heteroatoms. The molecule has 176 valence electrons. The Balaban J connectivity index is 1.69. The van der Waals surface area contributed by atoms with Crippen molar-refractivity contribution < 1.29 is 13.2 Å². The van der Waals surface area contributed by atoms with E-state index in [1.807, 2.05) is 26.0 Å². The van der Waals surface area contributed by atoms with E-state index in [0.29, 0.717) is 22.3 Å². The highest BCUT2D eigenvalue weighted by molar-refractivity contribution is 8.01. The number of aromatic nitrogens is 2. The highest BCUT2D eigenvalue weighted by atomic mass is 32.2. The summed E-state index contributed by atoms with van der Waals surface area (Å²) in [5, 5.41) is 11.4. The van der Waals surface area contributed by atoms with Gasteiger partial charge in [-0.1, -0.05) is 55.1 Å². The van der Waals surface area contributed by atoms with Gasteiger partial charge in [0.25, 0.3) is 5.91 Å². The fourth-order valence-corrected chi connectivity index (χ4v) is 5.54. The molecule has 0 atom stereocenters. The lowest BCUT2D eigenvalue weighted by Gasteiger charge is -2.23. The van der Waals surface area contributed by atoms with Crippen LogP contribution < -0.4 is 9.62 Å². The van der Waals surface area contributed by atoms with Gasteiger partial charge < -0.3 is 0 Å². The van der Waals surface area contributed by atoms with Gasteiger partial charge in [0.05, 0.1) is 18.5 Å². The molecule has 3 aromatic rings. The van der Waals surface area contributed by atoms with Crippen molar-refractivity contribution in [3.8, 4) is 0 Å². The minimum Gasteiger partial charge on any atom is -0.296 e. The molecule has 0 saturated heterocycles. The summed E-state index contributed by atoms with van der Waals surface area (Å²) >= 11 is 2.97. The fourth-order valence-electron chi connectivity index (χ4n) is 2.93. The van der Waals surface area contributed by atoms with Gasteiger partial charge in [-0.15, -0.1) is 10.2 Å². The zero-order valence-corrected chi connectivity index (χ0v) is 21.8. The number of carbonyl (C=O) groups excluding carboxylic acids is 1. The van der Waals surface area contributed by atoms with Crippen LogP contribution in [0, 0.1) is 19.8 Å². The number of thioether (sulfide) groups is 1. The lowest BCUT2D eigenvalue weighted by Crippen LogP contribution is -2.29. The first kappa shape index (κ1) is 25.2. The zero-order chi connectivity index (χ0) is 24.2. The van der Waals surface area contributed by atoms with E-state index >= 15 is 0 Å². The second-order valence-corrected chi connectivity index (χ2v) is 12.4. The summed E-state index contributed by atoms with van der Waals surface area (Å²) in [5.41, 5.74) is 3.98. The summed E-state index contributed by atoms with van der Waals surface area (Å²) in [6, 6.07) is 12.5. The monoisotopic (exact) mass is 504 g/mol. The normalized spacial score (nSPS) is 11.6. The summed E-state index contributed by atoms with van der Waals surface area (Å²) in [7, 11) is -3.48. The van der Waals surface area contributed by atoms with Gasteiger partial charge in [0, 0.05) is 11.3 Å². The molecule has 2 aromatic carbocycles. The highest BCUT2D eigenvalue weighted by Gasteiger charge is 2.19. The second-order valence-electron chi connectivity index (χ2n) is 8.27. The van der Waals surface area contributed by atoms with Gasteiger partial charge in [-0.05, 0) is 60.7 Å². The SMILES string of the molecule is Cc1ccc(N(Cc2ccc(C(=O)Nc3nnc(SCC(C)C)s3)cc2)S(C)(=O)=O)cc1C. The molecule has 1 amide bonds. The molecular weight excluding hydrogens is 476 g/mol. The Morgan fingerprint density at radius 3 is 2.39 bits per heavy atom. The lowest BCUT2D eigenvalue weighted by molar-refractivity contribution is 0.102. The molecule has 1 heterocycles. The number of hydrogen-bond acceptors (Lipinski definition) is 7. The van der Waals surface area contributed by atoms with Crippen molar-refractivity contribution in [3.63, 3.8) is 0 Å². The quantitative estimate of drug-likeness (QED) is 0.321. The average Bonchev–Trinajstić information content (AvgIpc) is 3.19. The Bertz CT molecular complexity index is 1220. The maximum atomic E-state index is 12.6. The largest absolute Gasteiger partial charge is 0.296 e. The summed E-state index contributed by atoms with van der Waals surface area (Å²) in [6.07, 6.45) is 1.19. The Labute approximate surface area is 203 Å². The van der Waals surface area contributed by atoms with Crippen LogP contribution >= 0.6 is 23.1 Å². The number of hydrogen-bond donors (Lipinski definition) is 1. The summed E-state index contributed by atoms with van der Waals surface area (Å²) in [6.45, 7) is 8.39. The van der Waals surface area contributed by atoms with Crippen LogP contribution in [0.3, 0.4) is 0 Å². The van der Waals surface area contributed by atoms with Crippen molar-refractivity contribution in [1.82, 2.24) is 10.2 Å². The number of benzene rings is 2. The minimum absolute atomic E-state index is 0.177. The van der Waals surface area contributed by atoms with Crippen LogP contribution in [-0.4, -0.2) is 36.5 Å². The lowest BCUT2D eigenvalue weighted by atomic mass is 10.1. The summed E-state index contributed by atoms with van der Waals surface area (Å²) < 4.78 is 27.1. The van der Waals surface area contributed by atoms with E-state index in [-0.39, 0.29) is 12.5 Å². The molecule has 0 saturated carbocycles. The first-order valence-electron chi connectivity index (χ1n) is 10.4. The molecule has 0 aliphatic carbocycles. The molecule has 0 radical (unpaired) electrons. The molecule has 0 aliphatic heterocycles. The smallest absolute Gasteiger partial charge is 0.257 e. The Morgan fingerprint density at radius 2 is 1.79 bits per heavy atom. The molecule has 1 N–H and O–H groups in total. The number of carbonyl (C=O) groups is 1. The van der Waals surface area contributed by atoms with Crippen molar-refractivity contribution >= 4 is 49.8 Å². The number of aryl methyl sites for hydroxylation is 2. The molecule has 0 unspecified atom stereocenters. The van der Waals surface area contributed by atoms with Gasteiger partial charge in [0.1, 0.15) is 0 Å². The van der Waals surface area contributed by atoms with Crippen LogP contribution in [0.1, 0.15) is 40.9 Å². The van der Waals surface area contributed by atoms with Gasteiger partial charge in [-0.3, -0.25) is 14.4 Å². The van der Waals surface area contributed by atoms with Crippen LogP contribution in [0.25, 0.3) is 0 Å². The van der Waals surface area contributed by atoms with Crippen molar-refractivity contribution in [2.24, 2.45) is 5.92 Å². The van der Waals surface area contributed by atoms with E-state index in [9.17, 15) is 13.2 Å². The first-order chi connectivity index (χ1) is 15.5. The number of nitrogens with zero attached hydrogens (tertiary/aromatic N) is 3. The fraction of sp³-hybridized carbons (Fsp3) is 0.348. The van der Waals surface area contributed by atoms with Crippen LogP contribution in [-0.2, 0) is 16.6 Å². The van der Waals surface area contributed by atoms with Crippen LogP contribution in [0.2, 0.25) is 0 Å². The van der Waals surface area contributed by atoms with E-state index in [2.05, 4.69) is 29.4 Å². The van der Waals surface area contributed by atoms with Crippen molar-refractivity contribution in [2.45, 2.75) is 38.6 Å². The number of sulfonamides is 1. The van der Waals surface area contributed by atoms with Crippen LogP contribution in [0.15, 0.2) is 46.8 Å². The second kappa shape index (κ2) is 10.7. The van der Waals surface area contributed by atoms with Crippen LogP contribution in [0.5, 0.6) is 0 Å². The number of anilines is 2. The van der Waals surface area contributed by atoms with Gasteiger partial charge in [0.2, 0.25) is 15.2 Å². The molecule has 0 aliphatic rings. The molecule has 1 aromatic heterocycles. The molecule has 0 fully saturated rings.